The zero-order chi connectivity index (χ0) is 15.7. The van der Waals surface area contributed by atoms with Gasteiger partial charge in [-0.1, -0.05) is 0 Å². The monoisotopic (exact) mass is 296 g/mol. The Bertz CT molecular complexity index is 852. The number of benzene rings is 1. The van der Waals surface area contributed by atoms with Crippen molar-refractivity contribution in [3.05, 3.63) is 47.8 Å². The average Bonchev–Trinajstić information content (AvgIpc) is 2.98. The van der Waals surface area contributed by atoms with Gasteiger partial charge in [0.25, 0.3) is 0 Å². The Balaban J connectivity index is 2.18. The molecular weight excluding hydrogens is 280 g/mol. The molecule has 0 saturated heterocycles. The van der Waals surface area contributed by atoms with Crippen molar-refractivity contribution in [2.75, 3.05) is 14.2 Å². The van der Waals surface area contributed by atoms with Gasteiger partial charge in [-0.25, -0.2) is 4.98 Å². The summed E-state index contributed by atoms with van der Waals surface area (Å²) in [5.41, 5.74) is 4.04. The van der Waals surface area contributed by atoms with Crippen LogP contribution >= 0.6 is 0 Å². The highest BCUT2D eigenvalue weighted by Gasteiger charge is 2.12. The molecule has 3 aromatic rings. The minimum atomic E-state index is 0.621. The molecule has 5 nitrogen and oxygen atoms in total. The van der Waals surface area contributed by atoms with Crippen LogP contribution in [0.2, 0.25) is 0 Å². The summed E-state index contributed by atoms with van der Waals surface area (Å²) in [7, 11) is 3.23. The van der Waals surface area contributed by atoms with E-state index in [1.54, 1.807) is 20.4 Å². The van der Waals surface area contributed by atoms with Crippen LogP contribution in [-0.2, 0) is 0 Å². The number of hydrogen-bond donors (Lipinski definition) is 0. The van der Waals surface area contributed by atoms with Crippen LogP contribution < -0.4 is 9.47 Å². The molecule has 22 heavy (non-hydrogen) atoms. The van der Waals surface area contributed by atoms with Crippen molar-refractivity contribution < 1.29 is 14.3 Å². The van der Waals surface area contributed by atoms with Crippen LogP contribution in [0.15, 0.2) is 36.7 Å². The van der Waals surface area contributed by atoms with Crippen LogP contribution in [0.4, 0.5) is 0 Å². The third-order valence-corrected chi connectivity index (χ3v) is 3.58. The fourth-order valence-corrected chi connectivity index (χ4v) is 2.50. The van der Waals surface area contributed by atoms with Gasteiger partial charge >= 0.3 is 0 Å². The lowest BCUT2D eigenvalue weighted by molar-refractivity contribution is 0.112. The number of nitrogens with zero attached hydrogens (tertiary/aromatic N) is 2. The van der Waals surface area contributed by atoms with Gasteiger partial charge in [-0.2, -0.15) is 0 Å². The van der Waals surface area contributed by atoms with Gasteiger partial charge in [-0.3, -0.25) is 4.79 Å². The minimum Gasteiger partial charge on any atom is -0.497 e. The Labute approximate surface area is 128 Å². The van der Waals surface area contributed by atoms with Crippen molar-refractivity contribution in [3.8, 4) is 22.8 Å². The second-order valence-electron chi connectivity index (χ2n) is 5.00. The van der Waals surface area contributed by atoms with E-state index in [0.717, 1.165) is 34.5 Å². The Kier molecular flexibility index (Phi) is 3.55. The standard InChI is InChI=1S/C17H16N2O3/c1-11-6-12(10-20)8-19-9-15(18-17(11)19)14-5-4-13(21-2)7-16(14)22-3/h4-10H,1-3H3. The molecule has 0 N–H and O–H groups in total. The number of rotatable bonds is 4. The average molecular weight is 296 g/mol. The number of carbonyl (C=O) groups is 1. The molecule has 0 bridgehead atoms. The third-order valence-electron chi connectivity index (χ3n) is 3.58. The number of hydrogen-bond acceptors (Lipinski definition) is 4. The molecule has 1 aromatic carbocycles. The van der Waals surface area contributed by atoms with E-state index in [-0.39, 0.29) is 0 Å². The number of aldehydes is 1. The first-order chi connectivity index (χ1) is 10.7. The van der Waals surface area contributed by atoms with Crippen LogP contribution in [0.5, 0.6) is 11.5 Å². The SMILES string of the molecule is COc1ccc(-c2cn3cc(C=O)cc(C)c3n2)c(OC)c1. The molecule has 0 aliphatic rings. The number of fused-ring (bicyclic) bond motifs is 1. The summed E-state index contributed by atoms with van der Waals surface area (Å²) in [4.78, 5) is 15.6. The Morgan fingerprint density at radius 2 is 1.95 bits per heavy atom. The molecule has 0 fully saturated rings. The van der Waals surface area contributed by atoms with Gasteiger partial charge in [0.2, 0.25) is 0 Å². The van der Waals surface area contributed by atoms with Crippen molar-refractivity contribution in [1.29, 1.82) is 0 Å². The molecule has 112 valence electrons. The maximum absolute atomic E-state index is 11.0. The van der Waals surface area contributed by atoms with E-state index in [0.29, 0.717) is 11.3 Å². The highest BCUT2D eigenvalue weighted by atomic mass is 16.5. The molecule has 0 spiro atoms. The van der Waals surface area contributed by atoms with Crippen molar-refractivity contribution in [3.63, 3.8) is 0 Å². The van der Waals surface area contributed by atoms with Crippen molar-refractivity contribution in [2.45, 2.75) is 6.92 Å². The van der Waals surface area contributed by atoms with Crippen LogP contribution in [0.3, 0.4) is 0 Å². The number of methoxy groups -OCH3 is 2. The van der Waals surface area contributed by atoms with Crippen molar-refractivity contribution >= 4 is 11.9 Å². The number of carbonyl (C=O) groups excluding carboxylic acids is 1. The van der Waals surface area contributed by atoms with E-state index in [4.69, 9.17) is 9.47 Å². The third kappa shape index (κ3) is 2.30. The van der Waals surface area contributed by atoms with Gasteiger partial charge in [-0.05, 0) is 30.7 Å². The predicted octanol–water partition coefficient (Wildman–Crippen LogP) is 3.14. The zero-order valence-corrected chi connectivity index (χ0v) is 12.7. The Morgan fingerprint density at radius 3 is 2.64 bits per heavy atom. The zero-order valence-electron chi connectivity index (χ0n) is 12.7. The quantitative estimate of drug-likeness (QED) is 0.694. The minimum absolute atomic E-state index is 0.621. The normalized spacial score (nSPS) is 10.7. The summed E-state index contributed by atoms with van der Waals surface area (Å²) in [6.07, 6.45) is 4.49. The molecule has 0 aliphatic carbocycles. The van der Waals surface area contributed by atoms with Crippen LogP contribution in [0, 0.1) is 6.92 Å². The largest absolute Gasteiger partial charge is 0.497 e. The summed E-state index contributed by atoms with van der Waals surface area (Å²) in [5, 5.41) is 0. The van der Waals surface area contributed by atoms with Gasteiger partial charge in [-0.15, -0.1) is 0 Å². The van der Waals surface area contributed by atoms with Gasteiger partial charge in [0.15, 0.2) is 6.29 Å². The summed E-state index contributed by atoms with van der Waals surface area (Å²) < 4.78 is 12.5. The maximum Gasteiger partial charge on any atom is 0.151 e. The van der Waals surface area contributed by atoms with E-state index in [1.165, 1.54) is 0 Å². The topological polar surface area (TPSA) is 52.8 Å². The second kappa shape index (κ2) is 5.52. The Hall–Kier alpha value is -2.82. The van der Waals surface area contributed by atoms with Crippen LogP contribution in [-0.4, -0.2) is 29.9 Å². The molecule has 0 aliphatic heterocycles. The molecule has 2 heterocycles. The highest BCUT2D eigenvalue weighted by molar-refractivity contribution is 5.77. The molecule has 3 rings (SSSR count). The highest BCUT2D eigenvalue weighted by Crippen LogP contribution is 2.33. The fraction of sp³-hybridized carbons (Fsp3) is 0.176. The van der Waals surface area contributed by atoms with Crippen LogP contribution in [0.25, 0.3) is 16.9 Å². The summed E-state index contributed by atoms with van der Waals surface area (Å²) in [6, 6.07) is 7.43. The number of ether oxygens (including phenoxy) is 2. The summed E-state index contributed by atoms with van der Waals surface area (Å²) in [5.74, 6) is 1.42. The van der Waals surface area contributed by atoms with Crippen molar-refractivity contribution in [1.82, 2.24) is 9.38 Å². The Morgan fingerprint density at radius 1 is 1.14 bits per heavy atom. The lowest BCUT2D eigenvalue weighted by Gasteiger charge is -2.08. The first-order valence-electron chi connectivity index (χ1n) is 6.83. The molecule has 0 amide bonds. The predicted molar refractivity (Wildman–Crippen MR) is 83.9 cm³/mol. The number of aromatic nitrogens is 2. The van der Waals surface area contributed by atoms with Gasteiger partial charge in [0, 0.05) is 29.6 Å². The summed E-state index contributed by atoms with van der Waals surface area (Å²) >= 11 is 0. The molecule has 0 atom stereocenters. The van der Waals surface area contributed by atoms with E-state index in [9.17, 15) is 4.79 Å². The van der Waals surface area contributed by atoms with E-state index in [1.807, 2.05) is 41.8 Å². The van der Waals surface area contributed by atoms with Crippen molar-refractivity contribution in [2.24, 2.45) is 0 Å². The molecule has 0 saturated carbocycles. The van der Waals surface area contributed by atoms with E-state index < -0.39 is 0 Å². The smallest absolute Gasteiger partial charge is 0.151 e. The maximum atomic E-state index is 11.0. The van der Waals surface area contributed by atoms with E-state index >= 15 is 0 Å². The van der Waals surface area contributed by atoms with Gasteiger partial charge < -0.3 is 13.9 Å². The lowest BCUT2D eigenvalue weighted by atomic mass is 10.1. The van der Waals surface area contributed by atoms with Gasteiger partial charge in [0.05, 0.1) is 19.9 Å². The van der Waals surface area contributed by atoms with Crippen LogP contribution in [0.1, 0.15) is 15.9 Å². The second-order valence-corrected chi connectivity index (χ2v) is 5.00. The number of aryl methyl sites for hydroxylation is 1. The fourth-order valence-electron chi connectivity index (χ4n) is 2.50. The molecule has 0 unspecified atom stereocenters. The summed E-state index contributed by atoms with van der Waals surface area (Å²) in [6.45, 7) is 1.93. The molecule has 2 aromatic heterocycles. The van der Waals surface area contributed by atoms with E-state index in [2.05, 4.69) is 4.98 Å². The first-order valence-corrected chi connectivity index (χ1v) is 6.83. The molecule has 0 radical (unpaired) electrons. The first kappa shape index (κ1) is 14.1. The lowest BCUT2D eigenvalue weighted by Crippen LogP contribution is -1.91. The number of imidazole rings is 1. The molecule has 5 heteroatoms. The number of pyridine rings is 1. The molecular formula is C17H16N2O3. The van der Waals surface area contributed by atoms with Gasteiger partial charge in [0.1, 0.15) is 17.1 Å².